The number of hydrogen-bond acceptors (Lipinski definition) is 4. The van der Waals surface area contributed by atoms with E-state index in [9.17, 15) is 0 Å². The number of methoxy groups -OCH3 is 2. The van der Waals surface area contributed by atoms with Gasteiger partial charge < -0.3 is 15.2 Å². The zero-order valence-electron chi connectivity index (χ0n) is 11.7. The molecule has 1 aromatic heterocycles. The van der Waals surface area contributed by atoms with E-state index in [4.69, 9.17) is 15.2 Å². The van der Waals surface area contributed by atoms with Crippen molar-refractivity contribution in [3.05, 3.63) is 29.6 Å². The number of nitrogens with two attached hydrogens (primary N) is 1. The fourth-order valence-electron chi connectivity index (χ4n) is 2.10. The minimum absolute atomic E-state index is 0.435. The first-order valence-corrected chi connectivity index (χ1v) is 6.06. The van der Waals surface area contributed by atoms with Crippen molar-refractivity contribution in [2.24, 2.45) is 12.8 Å². The maximum atomic E-state index is 5.84. The fourth-order valence-corrected chi connectivity index (χ4v) is 2.10. The summed E-state index contributed by atoms with van der Waals surface area (Å²) in [6.45, 7) is 2.46. The summed E-state index contributed by atoms with van der Waals surface area (Å²) >= 11 is 0. The Hall–Kier alpha value is -2.01. The van der Waals surface area contributed by atoms with Crippen molar-refractivity contribution in [2.75, 3.05) is 14.2 Å². The Morgan fingerprint density at radius 3 is 2.26 bits per heavy atom. The highest BCUT2D eigenvalue weighted by Crippen LogP contribution is 2.36. The molecule has 0 aliphatic rings. The van der Waals surface area contributed by atoms with Crippen LogP contribution in [-0.4, -0.2) is 24.0 Å². The van der Waals surface area contributed by atoms with E-state index in [0.717, 1.165) is 22.4 Å². The maximum Gasteiger partial charge on any atom is 0.161 e. The second kappa shape index (κ2) is 5.32. The molecule has 1 aromatic carbocycles. The minimum Gasteiger partial charge on any atom is -0.493 e. The second-order valence-corrected chi connectivity index (χ2v) is 4.34. The number of aromatic nitrogens is 2. The molecule has 5 heteroatoms. The molecule has 0 bridgehead atoms. The lowest BCUT2D eigenvalue weighted by molar-refractivity contribution is 0.354. The number of hydrogen-bond donors (Lipinski definition) is 1. The highest BCUT2D eigenvalue weighted by atomic mass is 16.5. The van der Waals surface area contributed by atoms with Gasteiger partial charge in [-0.15, -0.1) is 0 Å². The van der Waals surface area contributed by atoms with Crippen LogP contribution >= 0.6 is 0 Å². The third kappa shape index (κ3) is 2.29. The molecule has 102 valence electrons. The van der Waals surface area contributed by atoms with E-state index >= 15 is 0 Å². The Balaban J connectivity index is 2.65. The van der Waals surface area contributed by atoms with Crippen LogP contribution in [0, 0.1) is 6.92 Å². The lowest BCUT2D eigenvalue weighted by atomic mass is 9.99. The molecule has 2 N–H and O–H groups in total. The van der Waals surface area contributed by atoms with E-state index in [2.05, 4.69) is 5.10 Å². The molecule has 0 spiro atoms. The normalized spacial score (nSPS) is 10.6. The summed E-state index contributed by atoms with van der Waals surface area (Å²) in [6.07, 6.45) is 1.84. The Kier molecular flexibility index (Phi) is 3.76. The van der Waals surface area contributed by atoms with Gasteiger partial charge in [0.15, 0.2) is 11.5 Å². The molecule has 0 radical (unpaired) electrons. The largest absolute Gasteiger partial charge is 0.493 e. The molecule has 5 nitrogen and oxygen atoms in total. The predicted octanol–water partition coefficient (Wildman–Crippen LogP) is 1.87. The van der Waals surface area contributed by atoms with E-state index in [1.807, 2.05) is 37.0 Å². The first kappa shape index (κ1) is 13.4. The molecule has 0 saturated carbocycles. The van der Waals surface area contributed by atoms with Gasteiger partial charge in [0.2, 0.25) is 0 Å². The Morgan fingerprint density at radius 2 is 1.79 bits per heavy atom. The molecule has 0 saturated heterocycles. The summed E-state index contributed by atoms with van der Waals surface area (Å²) in [5.74, 6) is 1.38. The molecule has 0 atom stereocenters. The van der Waals surface area contributed by atoms with Gasteiger partial charge in [-0.05, 0) is 30.2 Å². The zero-order chi connectivity index (χ0) is 14.0. The zero-order valence-corrected chi connectivity index (χ0v) is 11.7. The third-order valence-corrected chi connectivity index (χ3v) is 3.35. The van der Waals surface area contributed by atoms with Gasteiger partial charge in [-0.3, -0.25) is 4.68 Å². The van der Waals surface area contributed by atoms with Gasteiger partial charge >= 0.3 is 0 Å². The molecule has 0 amide bonds. The highest BCUT2D eigenvalue weighted by Gasteiger charge is 2.15. The molecular formula is C14H19N3O2. The van der Waals surface area contributed by atoms with Crippen LogP contribution in [0.25, 0.3) is 11.1 Å². The van der Waals surface area contributed by atoms with E-state index in [0.29, 0.717) is 18.0 Å². The van der Waals surface area contributed by atoms with Crippen molar-refractivity contribution in [1.29, 1.82) is 0 Å². The first-order valence-electron chi connectivity index (χ1n) is 6.06. The minimum atomic E-state index is 0.435. The number of benzene rings is 1. The van der Waals surface area contributed by atoms with E-state index in [1.165, 1.54) is 0 Å². The maximum absolute atomic E-state index is 5.84. The molecule has 2 aromatic rings. The summed E-state index contributed by atoms with van der Waals surface area (Å²) < 4.78 is 12.5. The highest BCUT2D eigenvalue weighted by molar-refractivity contribution is 5.72. The summed E-state index contributed by atoms with van der Waals surface area (Å²) in [5, 5.41) is 4.27. The quantitative estimate of drug-likeness (QED) is 0.912. The van der Waals surface area contributed by atoms with Crippen LogP contribution in [0.5, 0.6) is 11.5 Å². The number of aryl methyl sites for hydroxylation is 1. The van der Waals surface area contributed by atoms with Gasteiger partial charge in [0, 0.05) is 24.8 Å². The standard InChI is InChI=1S/C14H19N3O2/c1-9-12(8-16-17(9)2)11-6-14(19-4)13(18-3)5-10(11)7-15/h5-6,8H,7,15H2,1-4H3. The monoisotopic (exact) mass is 261 g/mol. The Bertz CT molecular complexity index is 591. The molecule has 2 rings (SSSR count). The number of nitrogens with zero attached hydrogens (tertiary/aromatic N) is 2. The molecule has 19 heavy (non-hydrogen) atoms. The lowest BCUT2D eigenvalue weighted by Crippen LogP contribution is -2.02. The van der Waals surface area contributed by atoms with Crippen LogP contribution in [-0.2, 0) is 13.6 Å². The van der Waals surface area contributed by atoms with Crippen LogP contribution in [0.1, 0.15) is 11.3 Å². The Labute approximate surface area is 112 Å². The van der Waals surface area contributed by atoms with Gasteiger partial charge in [-0.25, -0.2) is 0 Å². The fraction of sp³-hybridized carbons (Fsp3) is 0.357. The average molecular weight is 261 g/mol. The van der Waals surface area contributed by atoms with Gasteiger partial charge in [0.25, 0.3) is 0 Å². The topological polar surface area (TPSA) is 62.3 Å². The summed E-state index contributed by atoms with van der Waals surface area (Å²) in [5.41, 5.74) is 10.0. The van der Waals surface area contributed by atoms with Crippen molar-refractivity contribution >= 4 is 0 Å². The molecule has 0 unspecified atom stereocenters. The average Bonchev–Trinajstić information content (AvgIpc) is 2.77. The van der Waals surface area contributed by atoms with Crippen LogP contribution in [0.2, 0.25) is 0 Å². The number of ether oxygens (including phenoxy) is 2. The smallest absolute Gasteiger partial charge is 0.161 e. The van der Waals surface area contributed by atoms with Gasteiger partial charge in [-0.2, -0.15) is 5.10 Å². The third-order valence-electron chi connectivity index (χ3n) is 3.35. The summed E-state index contributed by atoms with van der Waals surface area (Å²) in [4.78, 5) is 0. The van der Waals surface area contributed by atoms with Gasteiger partial charge in [0.05, 0.1) is 20.4 Å². The van der Waals surface area contributed by atoms with Crippen molar-refractivity contribution in [3.63, 3.8) is 0 Å². The second-order valence-electron chi connectivity index (χ2n) is 4.34. The predicted molar refractivity (Wildman–Crippen MR) is 74.4 cm³/mol. The van der Waals surface area contributed by atoms with Crippen LogP contribution in [0.3, 0.4) is 0 Å². The molecule has 1 heterocycles. The van der Waals surface area contributed by atoms with E-state index in [1.54, 1.807) is 14.2 Å². The van der Waals surface area contributed by atoms with E-state index in [-0.39, 0.29) is 0 Å². The van der Waals surface area contributed by atoms with Crippen LogP contribution in [0.15, 0.2) is 18.3 Å². The Morgan fingerprint density at radius 1 is 1.16 bits per heavy atom. The molecule has 0 aliphatic carbocycles. The van der Waals surface area contributed by atoms with Crippen molar-refractivity contribution in [3.8, 4) is 22.6 Å². The van der Waals surface area contributed by atoms with Gasteiger partial charge in [-0.1, -0.05) is 0 Å². The lowest BCUT2D eigenvalue weighted by Gasteiger charge is -2.14. The van der Waals surface area contributed by atoms with Crippen molar-refractivity contribution < 1.29 is 9.47 Å². The van der Waals surface area contributed by atoms with Gasteiger partial charge in [0.1, 0.15) is 0 Å². The number of rotatable bonds is 4. The van der Waals surface area contributed by atoms with Crippen molar-refractivity contribution in [2.45, 2.75) is 13.5 Å². The van der Waals surface area contributed by atoms with E-state index < -0.39 is 0 Å². The summed E-state index contributed by atoms with van der Waals surface area (Å²) in [6, 6.07) is 3.87. The SMILES string of the molecule is COc1cc(CN)c(-c2cnn(C)c2C)cc1OC. The van der Waals surface area contributed by atoms with Crippen molar-refractivity contribution in [1.82, 2.24) is 9.78 Å². The first-order chi connectivity index (χ1) is 9.12. The summed E-state index contributed by atoms with van der Waals surface area (Å²) in [7, 11) is 5.16. The van der Waals surface area contributed by atoms with Crippen LogP contribution < -0.4 is 15.2 Å². The molecular weight excluding hydrogens is 242 g/mol. The van der Waals surface area contributed by atoms with Crippen LogP contribution in [0.4, 0.5) is 0 Å². The molecule has 0 aliphatic heterocycles. The molecule has 0 fully saturated rings.